The summed E-state index contributed by atoms with van der Waals surface area (Å²) in [4.78, 5) is 4.82. The molecule has 0 saturated carbocycles. The highest BCUT2D eigenvalue weighted by Crippen LogP contribution is 2.38. The Kier molecular flexibility index (Phi) is 5.14. The number of thiazole rings is 1. The molecule has 0 bridgehead atoms. The average molecular weight is 398 g/mol. The Bertz CT molecular complexity index is 950. The molecule has 0 N–H and O–H groups in total. The van der Waals surface area contributed by atoms with E-state index in [1.54, 1.807) is 11.3 Å². The average Bonchev–Trinajstić information content (AvgIpc) is 3.30. The van der Waals surface area contributed by atoms with Gasteiger partial charge in [-0.3, -0.25) is 0 Å². The van der Waals surface area contributed by atoms with Crippen molar-refractivity contribution in [3.8, 4) is 17.0 Å². The molecule has 1 aliphatic rings. The van der Waals surface area contributed by atoms with Crippen LogP contribution in [0.25, 0.3) is 11.3 Å². The fourth-order valence-corrected chi connectivity index (χ4v) is 4.13. The number of anilines is 1. The van der Waals surface area contributed by atoms with Crippen LogP contribution in [-0.2, 0) is 0 Å². The maximum atomic E-state index is 5.99. The van der Waals surface area contributed by atoms with Gasteiger partial charge in [-0.25, -0.2) is 9.99 Å². The van der Waals surface area contributed by atoms with Gasteiger partial charge in [0.15, 0.2) is 0 Å². The first-order valence-corrected chi connectivity index (χ1v) is 10.2. The highest BCUT2D eigenvalue weighted by Gasteiger charge is 2.29. The molecule has 6 heteroatoms. The summed E-state index contributed by atoms with van der Waals surface area (Å²) in [5.41, 5.74) is 4.32. The molecule has 2 heterocycles. The van der Waals surface area contributed by atoms with Crippen molar-refractivity contribution >= 4 is 33.8 Å². The standard InChI is InChI=1S/C21H20ClN3OS/c1-3-26-18-10-6-16(7-11-18)20-12-14(2)24-25(20)21-23-19(13-27-21)15-4-8-17(22)9-5-15/h4-11,13,20H,3,12H2,1-2H3/t20-/m1/s1. The number of benzene rings is 2. The summed E-state index contributed by atoms with van der Waals surface area (Å²) in [6.07, 6.45) is 0.893. The first kappa shape index (κ1) is 18.0. The Morgan fingerprint density at radius 1 is 1.15 bits per heavy atom. The van der Waals surface area contributed by atoms with E-state index in [0.29, 0.717) is 6.61 Å². The van der Waals surface area contributed by atoms with E-state index in [1.807, 2.05) is 48.3 Å². The maximum Gasteiger partial charge on any atom is 0.207 e. The molecular weight excluding hydrogens is 378 g/mol. The van der Waals surface area contributed by atoms with Gasteiger partial charge >= 0.3 is 0 Å². The molecular formula is C21H20ClN3OS. The molecule has 4 rings (SSSR count). The van der Waals surface area contributed by atoms with Crippen molar-refractivity contribution in [1.82, 2.24) is 4.98 Å². The van der Waals surface area contributed by atoms with E-state index >= 15 is 0 Å². The van der Waals surface area contributed by atoms with Crippen LogP contribution >= 0.6 is 22.9 Å². The summed E-state index contributed by atoms with van der Waals surface area (Å²) in [5.74, 6) is 0.891. The Labute approximate surface area is 168 Å². The molecule has 1 aromatic heterocycles. The Morgan fingerprint density at radius 3 is 2.59 bits per heavy atom. The van der Waals surface area contributed by atoms with Gasteiger partial charge < -0.3 is 4.74 Å². The molecule has 0 unspecified atom stereocenters. The predicted molar refractivity (Wildman–Crippen MR) is 113 cm³/mol. The van der Waals surface area contributed by atoms with E-state index in [1.165, 1.54) is 5.56 Å². The van der Waals surface area contributed by atoms with Crippen LogP contribution in [0.3, 0.4) is 0 Å². The van der Waals surface area contributed by atoms with Gasteiger partial charge in [0.05, 0.1) is 18.3 Å². The normalized spacial score (nSPS) is 16.5. The van der Waals surface area contributed by atoms with Crippen molar-refractivity contribution < 1.29 is 4.74 Å². The summed E-state index contributed by atoms with van der Waals surface area (Å²) in [5, 5.41) is 10.5. The minimum absolute atomic E-state index is 0.157. The van der Waals surface area contributed by atoms with Gasteiger partial charge in [0.1, 0.15) is 5.75 Å². The fraction of sp³-hybridized carbons (Fsp3) is 0.238. The van der Waals surface area contributed by atoms with Crippen LogP contribution in [0.2, 0.25) is 5.02 Å². The molecule has 0 saturated heterocycles. The quantitative estimate of drug-likeness (QED) is 0.515. The van der Waals surface area contributed by atoms with E-state index in [0.717, 1.165) is 39.3 Å². The van der Waals surface area contributed by atoms with E-state index in [-0.39, 0.29) is 6.04 Å². The van der Waals surface area contributed by atoms with Gasteiger partial charge in [0, 0.05) is 28.1 Å². The minimum Gasteiger partial charge on any atom is -0.494 e. The molecule has 138 valence electrons. The zero-order valence-electron chi connectivity index (χ0n) is 15.2. The number of ether oxygens (including phenoxy) is 1. The summed E-state index contributed by atoms with van der Waals surface area (Å²) in [6, 6.07) is 16.2. The van der Waals surface area contributed by atoms with Gasteiger partial charge in [-0.2, -0.15) is 5.10 Å². The Balaban J connectivity index is 1.60. The first-order chi connectivity index (χ1) is 13.1. The third-order valence-corrected chi connectivity index (χ3v) is 5.55. The third-order valence-electron chi connectivity index (χ3n) is 4.47. The minimum atomic E-state index is 0.157. The molecule has 0 amide bonds. The molecule has 0 spiro atoms. The largest absolute Gasteiger partial charge is 0.494 e. The van der Waals surface area contributed by atoms with Gasteiger partial charge in [-0.15, -0.1) is 11.3 Å². The molecule has 27 heavy (non-hydrogen) atoms. The van der Waals surface area contributed by atoms with Crippen LogP contribution in [0.5, 0.6) is 5.75 Å². The lowest BCUT2D eigenvalue weighted by Gasteiger charge is -2.21. The van der Waals surface area contributed by atoms with E-state index in [2.05, 4.69) is 24.4 Å². The number of halogens is 1. The molecule has 0 radical (unpaired) electrons. The maximum absolute atomic E-state index is 5.99. The molecule has 0 fully saturated rings. The lowest BCUT2D eigenvalue weighted by Crippen LogP contribution is -2.18. The van der Waals surface area contributed by atoms with E-state index < -0.39 is 0 Å². The Morgan fingerprint density at radius 2 is 1.89 bits per heavy atom. The Hall–Kier alpha value is -2.37. The van der Waals surface area contributed by atoms with Crippen LogP contribution in [0.15, 0.2) is 59.0 Å². The lowest BCUT2D eigenvalue weighted by molar-refractivity contribution is 0.340. The van der Waals surface area contributed by atoms with E-state index in [9.17, 15) is 0 Å². The number of hydrogen-bond acceptors (Lipinski definition) is 5. The summed E-state index contributed by atoms with van der Waals surface area (Å²) in [6.45, 7) is 4.73. The second kappa shape index (κ2) is 7.71. The third kappa shape index (κ3) is 3.84. The van der Waals surface area contributed by atoms with Crippen LogP contribution in [-0.4, -0.2) is 17.3 Å². The number of aromatic nitrogens is 1. The lowest BCUT2D eigenvalue weighted by atomic mass is 10.0. The zero-order valence-corrected chi connectivity index (χ0v) is 16.8. The molecule has 1 atom stereocenters. The zero-order chi connectivity index (χ0) is 18.8. The number of nitrogens with zero attached hydrogens (tertiary/aromatic N) is 3. The van der Waals surface area contributed by atoms with Crippen LogP contribution < -0.4 is 9.75 Å². The van der Waals surface area contributed by atoms with Crippen molar-refractivity contribution in [2.45, 2.75) is 26.3 Å². The van der Waals surface area contributed by atoms with Gasteiger partial charge in [-0.05, 0) is 43.7 Å². The first-order valence-electron chi connectivity index (χ1n) is 8.91. The van der Waals surface area contributed by atoms with Crippen LogP contribution in [0, 0.1) is 0 Å². The number of hydrogen-bond donors (Lipinski definition) is 0. The summed E-state index contributed by atoms with van der Waals surface area (Å²) in [7, 11) is 0. The van der Waals surface area contributed by atoms with Crippen molar-refractivity contribution in [3.63, 3.8) is 0 Å². The smallest absolute Gasteiger partial charge is 0.207 e. The monoisotopic (exact) mass is 397 g/mol. The summed E-state index contributed by atoms with van der Waals surface area (Å²) >= 11 is 7.60. The van der Waals surface area contributed by atoms with E-state index in [4.69, 9.17) is 26.4 Å². The van der Waals surface area contributed by atoms with Crippen LogP contribution in [0.4, 0.5) is 5.13 Å². The highest BCUT2D eigenvalue weighted by atomic mass is 35.5. The van der Waals surface area contributed by atoms with Gasteiger partial charge in [0.25, 0.3) is 0 Å². The van der Waals surface area contributed by atoms with Gasteiger partial charge in [0.2, 0.25) is 5.13 Å². The van der Waals surface area contributed by atoms with Gasteiger partial charge in [-0.1, -0.05) is 35.9 Å². The molecule has 1 aliphatic heterocycles. The fourth-order valence-electron chi connectivity index (χ4n) is 3.17. The van der Waals surface area contributed by atoms with Crippen molar-refractivity contribution in [3.05, 3.63) is 64.5 Å². The topological polar surface area (TPSA) is 37.7 Å². The molecule has 3 aromatic rings. The van der Waals surface area contributed by atoms with Crippen molar-refractivity contribution in [1.29, 1.82) is 0 Å². The second-order valence-corrected chi connectivity index (χ2v) is 7.70. The predicted octanol–water partition coefficient (Wildman–Crippen LogP) is 6.19. The highest BCUT2D eigenvalue weighted by molar-refractivity contribution is 7.14. The second-order valence-electron chi connectivity index (χ2n) is 6.42. The summed E-state index contributed by atoms with van der Waals surface area (Å²) < 4.78 is 5.55. The molecule has 0 aliphatic carbocycles. The SMILES string of the molecule is CCOc1ccc([C@H]2CC(C)=NN2c2nc(-c3ccc(Cl)cc3)cs2)cc1. The number of hydrazone groups is 1. The van der Waals surface area contributed by atoms with Crippen LogP contribution in [0.1, 0.15) is 31.9 Å². The number of rotatable bonds is 5. The molecule has 4 nitrogen and oxygen atoms in total. The van der Waals surface area contributed by atoms with Crippen molar-refractivity contribution in [2.75, 3.05) is 11.6 Å². The van der Waals surface area contributed by atoms with Crippen molar-refractivity contribution in [2.24, 2.45) is 5.10 Å². The molecule has 2 aromatic carbocycles.